The number of hydrogen-bond donors (Lipinski definition) is 8. The highest BCUT2D eigenvalue weighted by Gasteiger charge is 2.53. The third-order valence-corrected chi connectivity index (χ3v) is 6.94. The molecule has 0 aliphatic heterocycles. The number of benzene rings is 2. The van der Waals surface area contributed by atoms with Crippen LogP contribution in [0.1, 0.15) is 23.5 Å². The Bertz CT molecular complexity index is 1400. The van der Waals surface area contributed by atoms with Crippen LogP contribution < -0.4 is 0 Å². The van der Waals surface area contributed by atoms with Crippen molar-refractivity contribution in [3.05, 3.63) is 59.7 Å². The summed E-state index contributed by atoms with van der Waals surface area (Å²) in [7, 11) is 0. The fourth-order valence-electron chi connectivity index (χ4n) is 5.08. The highest BCUT2D eigenvalue weighted by molar-refractivity contribution is 5.87. The lowest BCUT2D eigenvalue weighted by Gasteiger charge is -2.41. The van der Waals surface area contributed by atoms with E-state index in [1.807, 2.05) is 0 Å². The van der Waals surface area contributed by atoms with E-state index in [0.29, 0.717) is 6.08 Å². The molecule has 8 N–H and O–H groups in total. The van der Waals surface area contributed by atoms with Crippen molar-refractivity contribution in [2.75, 3.05) is 0 Å². The highest BCUT2D eigenvalue weighted by Crippen LogP contribution is 2.49. The zero-order valence-corrected chi connectivity index (χ0v) is 21.0. The minimum Gasteiger partial charge on any atom is -0.504 e. The lowest BCUT2D eigenvalue weighted by atomic mass is 9.59. The summed E-state index contributed by atoms with van der Waals surface area (Å²) in [5.41, 5.74) is 0.167. The molecule has 41 heavy (non-hydrogen) atoms. The molecular weight excluding hydrogens is 548 g/mol. The van der Waals surface area contributed by atoms with Crippen molar-refractivity contribution in [1.29, 1.82) is 0 Å². The fraction of sp³-hybridized carbons (Fsp3) is 0.296. The summed E-state index contributed by atoms with van der Waals surface area (Å²) in [6.45, 7) is 0. The molecular formula is C27H26O14. The summed E-state index contributed by atoms with van der Waals surface area (Å²) in [6, 6.07) is 6.60. The first-order chi connectivity index (χ1) is 19.2. The van der Waals surface area contributed by atoms with Crippen molar-refractivity contribution in [3.8, 4) is 23.0 Å². The standard InChI is InChI=1S/C27H26O14/c28-15-4-1-11(7-17(15)30)8-19(25(35)36)41-20(32)6-3-12-9-14(24(33)34)21(13-2-5-16(29)18(31)10-13)23(27(39)40)22(12)26(37)38/h1-7,10,12,14,19,21-23,28-31H,8-9H2,(H,33,34)(H,35,36)(H,37,38)(H,39,40)/b6-3+. The zero-order chi connectivity index (χ0) is 30.6. The first-order valence-corrected chi connectivity index (χ1v) is 12.0. The Labute approximate surface area is 231 Å². The molecule has 6 atom stereocenters. The zero-order valence-electron chi connectivity index (χ0n) is 21.0. The van der Waals surface area contributed by atoms with Crippen LogP contribution in [-0.4, -0.2) is 76.8 Å². The minimum absolute atomic E-state index is 0.0299. The van der Waals surface area contributed by atoms with Gasteiger partial charge in [-0.3, -0.25) is 14.4 Å². The third-order valence-electron chi connectivity index (χ3n) is 6.94. The van der Waals surface area contributed by atoms with Crippen LogP contribution in [0, 0.1) is 23.7 Å². The number of hydrogen-bond acceptors (Lipinski definition) is 10. The van der Waals surface area contributed by atoms with Crippen LogP contribution in [0.15, 0.2) is 48.6 Å². The summed E-state index contributed by atoms with van der Waals surface area (Å²) < 4.78 is 4.94. The SMILES string of the molecule is O=C(/C=C/C1CC(C(=O)O)C(c2ccc(O)c(O)c2)C(C(=O)O)C1C(=O)O)OC(Cc1ccc(O)c(O)c1)C(=O)O. The van der Waals surface area contributed by atoms with Crippen LogP contribution in [0.4, 0.5) is 0 Å². The molecule has 0 spiro atoms. The Morgan fingerprint density at radius 2 is 1.37 bits per heavy atom. The van der Waals surface area contributed by atoms with Crippen LogP contribution in [-0.2, 0) is 35.1 Å². The molecule has 0 amide bonds. The molecule has 1 aliphatic carbocycles. The predicted molar refractivity (Wildman–Crippen MR) is 134 cm³/mol. The van der Waals surface area contributed by atoms with E-state index in [1.54, 1.807) is 0 Å². The Morgan fingerprint density at radius 1 is 0.780 bits per heavy atom. The molecule has 0 heterocycles. The van der Waals surface area contributed by atoms with Gasteiger partial charge in [-0.2, -0.15) is 0 Å². The summed E-state index contributed by atoms with van der Waals surface area (Å²) in [5, 5.41) is 77.8. The molecule has 3 rings (SSSR count). The molecule has 14 heteroatoms. The van der Waals surface area contributed by atoms with Crippen LogP contribution >= 0.6 is 0 Å². The van der Waals surface area contributed by atoms with E-state index < -0.39 is 101 Å². The van der Waals surface area contributed by atoms with Gasteiger partial charge in [0.25, 0.3) is 0 Å². The van der Waals surface area contributed by atoms with Crippen molar-refractivity contribution < 1.29 is 69.6 Å². The van der Waals surface area contributed by atoms with Gasteiger partial charge in [0.2, 0.25) is 6.10 Å². The normalized spacial score (nSPS) is 23.0. The summed E-state index contributed by atoms with van der Waals surface area (Å²) in [4.78, 5) is 60.9. The number of rotatable bonds is 10. The number of esters is 1. The maximum atomic E-state index is 12.5. The van der Waals surface area contributed by atoms with E-state index in [-0.39, 0.29) is 11.1 Å². The smallest absolute Gasteiger partial charge is 0.345 e. The number of phenolic OH excluding ortho intramolecular Hbond substituents is 4. The van der Waals surface area contributed by atoms with Crippen LogP contribution in [0.3, 0.4) is 0 Å². The predicted octanol–water partition coefficient (Wildman–Crippen LogP) is 1.51. The van der Waals surface area contributed by atoms with E-state index in [9.17, 15) is 64.8 Å². The highest BCUT2D eigenvalue weighted by atomic mass is 16.6. The first-order valence-electron chi connectivity index (χ1n) is 12.0. The van der Waals surface area contributed by atoms with Crippen molar-refractivity contribution in [1.82, 2.24) is 0 Å². The number of aromatic hydroxyl groups is 4. The van der Waals surface area contributed by atoms with E-state index in [2.05, 4.69) is 0 Å². The summed E-state index contributed by atoms with van der Waals surface area (Å²) >= 11 is 0. The van der Waals surface area contributed by atoms with Gasteiger partial charge in [-0.15, -0.1) is 0 Å². The van der Waals surface area contributed by atoms with Crippen LogP contribution in [0.25, 0.3) is 0 Å². The maximum absolute atomic E-state index is 12.5. The molecule has 218 valence electrons. The van der Waals surface area contributed by atoms with E-state index in [0.717, 1.165) is 30.3 Å². The minimum atomic E-state index is -1.84. The van der Waals surface area contributed by atoms with Crippen LogP contribution in [0.5, 0.6) is 23.0 Å². The number of carboxylic acid groups (broad SMARTS) is 4. The lowest BCUT2D eigenvalue weighted by molar-refractivity contribution is -0.164. The molecule has 1 saturated carbocycles. The van der Waals surface area contributed by atoms with Crippen molar-refractivity contribution in [2.45, 2.75) is 24.9 Å². The van der Waals surface area contributed by atoms with Crippen molar-refractivity contribution >= 4 is 29.8 Å². The van der Waals surface area contributed by atoms with Gasteiger partial charge in [0.05, 0.1) is 17.8 Å². The van der Waals surface area contributed by atoms with Gasteiger partial charge in [0, 0.05) is 18.4 Å². The van der Waals surface area contributed by atoms with Gasteiger partial charge in [0.15, 0.2) is 23.0 Å². The van der Waals surface area contributed by atoms with Gasteiger partial charge in [-0.05, 0) is 47.7 Å². The van der Waals surface area contributed by atoms with E-state index >= 15 is 0 Å². The van der Waals surface area contributed by atoms with E-state index in [4.69, 9.17) is 4.74 Å². The number of allylic oxidation sites excluding steroid dienone is 1. The molecule has 6 unspecified atom stereocenters. The molecule has 0 bridgehead atoms. The number of ether oxygens (including phenoxy) is 1. The number of carbonyl (C=O) groups is 5. The van der Waals surface area contributed by atoms with Gasteiger partial charge in [0.1, 0.15) is 0 Å². The second-order valence-corrected chi connectivity index (χ2v) is 9.50. The van der Waals surface area contributed by atoms with Gasteiger partial charge in [-0.25, -0.2) is 9.59 Å². The molecule has 0 radical (unpaired) electrons. The molecule has 14 nitrogen and oxygen atoms in total. The lowest BCUT2D eigenvalue weighted by Crippen LogP contribution is -2.47. The van der Waals surface area contributed by atoms with Crippen molar-refractivity contribution in [2.24, 2.45) is 23.7 Å². The molecule has 0 aromatic heterocycles. The average molecular weight is 574 g/mol. The third kappa shape index (κ3) is 6.84. The Kier molecular flexibility index (Phi) is 9.07. The van der Waals surface area contributed by atoms with Gasteiger partial charge < -0.3 is 45.6 Å². The average Bonchev–Trinajstić information content (AvgIpc) is 2.89. The number of aliphatic carboxylic acids is 4. The van der Waals surface area contributed by atoms with Gasteiger partial charge in [-0.1, -0.05) is 18.2 Å². The van der Waals surface area contributed by atoms with E-state index in [1.165, 1.54) is 12.1 Å². The van der Waals surface area contributed by atoms with Crippen LogP contribution in [0.2, 0.25) is 0 Å². The monoisotopic (exact) mass is 574 g/mol. The first kappa shape index (κ1) is 30.3. The fourth-order valence-corrected chi connectivity index (χ4v) is 5.08. The molecule has 2 aromatic carbocycles. The Morgan fingerprint density at radius 3 is 1.88 bits per heavy atom. The number of carbonyl (C=O) groups excluding carboxylic acids is 1. The molecule has 1 fully saturated rings. The van der Waals surface area contributed by atoms with Crippen molar-refractivity contribution in [3.63, 3.8) is 0 Å². The maximum Gasteiger partial charge on any atom is 0.345 e. The molecule has 2 aromatic rings. The topological polar surface area (TPSA) is 256 Å². The molecule has 1 aliphatic rings. The van der Waals surface area contributed by atoms with Gasteiger partial charge >= 0.3 is 29.8 Å². The Balaban J connectivity index is 1.90. The number of phenols is 4. The largest absolute Gasteiger partial charge is 0.504 e. The quantitative estimate of drug-likeness (QED) is 0.114. The number of carboxylic acids is 4. The summed E-state index contributed by atoms with van der Waals surface area (Å²) in [5.74, 6) is -17.6. The Hall–Kier alpha value is -5.27. The molecule has 0 saturated heterocycles. The second kappa shape index (κ2) is 12.3. The second-order valence-electron chi connectivity index (χ2n) is 9.50. The summed E-state index contributed by atoms with van der Waals surface area (Å²) in [6.07, 6.45) is -0.963.